The van der Waals surface area contributed by atoms with E-state index in [1.807, 2.05) is 19.1 Å². The molecular weight excluding hydrogens is 230 g/mol. The molecule has 1 amide bonds. The van der Waals surface area contributed by atoms with Gasteiger partial charge in [0.25, 0.3) is 5.91 Å². The molecule has 2 N–H and O–H groups in total. The van der Waals surface area contributed by atoms with Crippen molar-refractivity contribution < 1.29 is 14.6 Å². The zero-order valence-corrected chi connectivity index (χ0v) is 11.0. The van der Waals surface area contributed by atoms with Gasteiger partial charge in [-0.2, -0.15) is 0 Å². The van der Waals surface area contributed by atoms with E-state index in [0.29, 0.717) is 17.9 Å². The molecule has 4 heteroatoms. The summed E-state index contributed by atoms with van der Waals surface area (Å²) < 4.78 is 5.40. The number of carbonyl (C=O) groups is 1. The molecule has 100 valence electrons. The molecule has 0 saturated carbocycles. The fourth-order valence-corrected chi connectivity index (χ4v) is 1.57. The van der Waals surface area contributed by atoms with E-state index in [2.05, 4.69) is 12.2 Å². The second-order valence-electron chi connectivity index (χ2n) is 4.26. The Morgan fingerprint density at radius 2 is 2.22 bits per heavy atom. The van der Waals surface area contributed by atoms with Crippen molar-refractivity contribution in [2.75, 3.05) is 13.2 Å². The Balaban J connectivity index is 2.45. The molecule has 0 aromatic heterocycles. The van der Waals surface area contributed by atoms with Gasteiger partial charge in [-0.3, -0.25) is 4.79 Å². The molecule has 4 nitrogen and oxygen atoms in total. The van der Waals surface area contributed by atoms with Crippen molar-refractivity contribution in [1.29, 1.82) is 0 Å². The fourth-order valence-electron chi connectivity index (χ4n) is 1.57. The molecule has 0 aliphatic carbocycles. The first-order valence-electron chi connectivity index (χ1n) is 6.27. The van der Waals surface area contributed by atoms with Gasteiger partial charge in [0.1, 0.15) is 5.75 Å². The zero-order valence-electron chi connectivity index (χ0n) is 11.0. The largest absolute Gasteiger partial charge is 0.483 e. The molecule has 0 radical (unpaired) electrons. The molecular formula is C14H21NO3. The summed E-state index contributed by atoms with van der Waals surface area (Å²) in [6.45, 7) is 4.59. The minimum absolute atomic E-state index is 0.0141. The molecule has 0 unspecified atom stereocenters. The van der Waals surface area contributed by atoms with Crippen LogP contribution in [0.15, 0.2) is 18.2 Å². The highest BCUT2D eigenvalue weighted by Gasteiger charge is 2.06. The van der Waals surface area contributed by atoms with E-state index < -0.39 is 0 Å². The summed E-state index contributed by atoms with van der Waals surface area (Å²) >= 11 is 0. The summed E-state index contributed by atoms with van der Waals surface area (Å²) in [4.78, 5) is 11.5. The van der Waals surface area contributed by atoms with Crippen LogP contribution in [-0.4, -0.2) is 24.2 Å². The SMILES string of the molecule is CCCCNC(=O)COc1ccc(C)cc1CO. The van der Waals surface area contributed by atoms with E-state index in [9.17, 15) is 9.90 Å². The van der Waals surface area contributed by atoms with Crippen molar-refractivity contribution in [3.05, 3.63) is 29.3 Å². The normalized spacial score (nSPS) is 10.2. The number of benzene rings is 1. The van der Waals surface area contributed by atoms with Crippen molar-refractivity contribution in [3.8, 4) is 5.75 Å². The van der Waals surface area contributed by atoms with Gasteiger partial charge in [0.15, 0.2) is 6.61 Å². The second kappa shape index (κ2) is 7.71. The summed E-state index contributed by atoms with van der Waals surface area (Å²) in [6, 6.07) is 5.52. The third-order valence-electron chi connectivity index (χ3n) is 2.60. The molecule has 0 heterocycles. The number of aryl methyl sites for hydroxylation is 1. The highest BCUT2D eigenvalue weighted by Crippen LogP contribution is 2.19. The lowest BCUT2D eigenvalue weighted by molar-refractivity contribution is -0.123. The van der Waals surface area contributed by atoms with Crippen LogP contribution in [0.4, 0.5) is 0 Å². The number of aliphatic hydroxyl groups excluding tert-OH is 1. The summed E-state index contributed by atoms with van der Waals surface area (Å²) in [6.07, 6.45) is 2.02. The van der Waals surface area contributed by atoms with E-state index in [4.69, 9.17) is 4.74 Å². The molecule has 0 spiro atoms. The predicted octanol–water partition coefficient (Wildman–Crippen LogP) is 1.78. The first-order chi connectivity index (χ1) is 8.67. The Morgan fingerprint density at radius 3 is 2.89 bits per heavy atom. The predicted molar refractivity (Wildman–Crippen MR) is 70.5 cm³/mol. The van der Waals surface area contributed by atoms with Crippen molar-refractivity contribution in [3.63, 3.8) is 0 Å². The summed E-state index contributed by atoms with van der Waals surface area (Å²) in [5, 5.41) is 12.0. The van der Waals surface area contributed by atoms with Gasteiger partial charge in [0.05, 0.1) is 6.61 Å². The molecule has 1 aromatic carbocycles. The number of ether oxygens (including phenoxy) is 1. The van der Waals surface area contributed by atoms with Crippen molar-refractivity contribution in [2.45, 2.75) is 33.3 Å². The van der Waals surface area contributed by atoms with Gasteiger partial charge >= 0.3 is 0 Å². The van der Waals surface area contributed by atoms with Crippen molar-refractivity contribution in [1.82, 2.24) is 5.32 Å². The summed E-state index contributed by atoms with van der Waals surface area (Å²) in [5.74, 6) is 0.432. The topological polar surface area (TPSA) is 58.6 Å². The van der Waals surface area contributed by atoms with Crippen LogP contribution in [0.5, 0.6) is 5.75 Å². The minimum atomic E-state index is -0.132. The van der Waals surface area contributed by atoms with Gasteiger partial charge in [-0.1, -0.05) is 31.0 Å². The molecule has 1 aromatic rings. The lowest BCUT2D eigenvalue weighted by atomic mass is 10.1. The minimum Gasteiger partial charge on any atom is -0.483 e. The molecule has 0 aliphatic rings. The van der Waals surface area contributed by atoms with E-state index in [0.717, 1.165) is 18.4 Å². The second-order valence-corrected chi connectivity index (χ2v) is 4.26. The molecule has 0 atom stereocenters. The van der Waals surface area contributed by atoms with Gasteiger partial charge in [-0.15, -0.1) is 0 Å². The van der Waals surface area contributed by atoms with Crippen LogP contribution < -0.4 is 10.1 Å². The number of carbonyl (C=O) groups excluding carboxylic acids is 1. The summed E-state index contributed by atoms with van der Waals surface area (Å²) in [7, 11) is 0. The average molecular weight is 251 g/mol. The zero-order chi connectivity index (χ0) is 13.4. The van der Waals surface area contributed by atoms with E-state index in [1.54, 1.807) is 6.07 Å². The van der Waals surface area contributed by atoms with Crippen LogP contribution in [0, 0.1) is 6.92 Å². The number of hydrogen-bond acceptors (Lipinski definition) is 3. The van der Waals surface area contributed by atoms with Gasteiger partial charge in [0.2, 0.25) is 0 Å². The number of aliphatic hydroxyl groups is 1. The molecule has 1 rings (SSSR count). The maximum Gasteiger partial charge on any atom is 0.257 e. The van der Waals surface area contributed by atoms with Crippen LogP contribution in [0.3, 0.4) is 0 Å². The number of nitrogens with one attached hydrogen (secondary N) is 1. The molecule has 0 fully saturated rings. The van der Waals surface area contributed by atoms with Gasteiger partial charge in [0, 0.05) is 12.1 Å². The molecule has 0 aliphatic heterocycles. The lowest BCUT2D eigenvalue weighted by Gasteiger charge is -2.11. The fraction of sp³-hybridized carbons (Fsp3) is 0.500. The summed E-state index contributed by atoms with van der Waals surface area (Å²) in [5.41, 5.74) is 1.76. The molecule has 0 bridgehead atoms. The van der Waals surface area contributed by atoms with Crippen LogP contribution in [0.2, 0.25) is 0 Å². The Labute approximate surface area is 108 Å². The van der Waals surface area contributed by atoms with E-state index in [1.165, 1.54) is 0 Å². The number of unbranched alkanes of at least 4 members (excludes halogenated alkanes) is 1. The monoisotopic (exact) mass is 251 g/mol. The standard InChI is InChI=1S/C14H21NO3/c1-3-4-7-15-14(17)10-18-13-6-5-11(2)8-12(13)9-16/h5-6,8,16H,3-4,7,9-10H2,1-2H3,(H,15,17). The molecule has 0 saturated heterocycles. The first-order valence-corrected chi connectivity index (χ1v) is 6.27. The maximum absolute atomic E-state index is 11.5. The van der Waals surface area contributed by atoms with Gasteiger partial charge < -0.3 is 15.2 Å². The Morgan fingerprint density at radius 1 is 1.44 bits per heavy atom. The number of amides is 1. The third kappa shape index (κ3) is 4.75. The van der Waals surface area contributed by atoms with Gasteiger partial charge in [-0.05, 0) is 19.4 Å². The third-order valence-corrected chi connectivity index (χ3v) is 2.60. The van der Waals surface area contributed by atoms with E-state index in [-0.39, 0.29) is 19.1 Å². The smallest absolute Gasteiger partial charge is 0.257 e. The lowest BCUT2D eigenvalue weighted by Crippen LogP contribution is -2.29. The highest BCUT2D eigenvalue weighted by atomic mass is 16.5. The van der Waals surface area contributed by atoms with Crippen LogP contribution in [0.1, 0.15) is 30.9 Å². The maximum atomic E-state index is 11.5. The van der Waals surface area contributed by atoms with Gasteiger partial charge in [-0.25, -0.2) is 0 Å². The van der Waals surface area contributed by atoms with Crippen LogP contribution >= 0.6 is 0 Å². The van der Waals surface area contributed by atoms with Crippen LogP contribution in [-0.2, 0) is 11.4 Å². The highest BCUT2D eigenvalue weighted by molar-refractivity contribution is 5.77. The number of hydrogen-bond donors (Lipinski definition) is 2. The Hall–Kier alpha value is -1.55. The molecule has 18 heavy (non-hydrogen) atoms. The average Bonchev–Trinajstić information content (AvgIpc) is 2.37. The van der Waals surface area contributed by atoms with E-state index >= 15 is 0 Å². The number of rotatable bonds is 7. The first kappa shape index (κ1) is 14.5. The van der Waals surface area contributed by atoms with Crippen molar-refractivity contribution >= 4 is 5.91 Å². The van der Waals surface area contributed by atoms with Crippen molar-refractivity contribution in [2.24, 2.45) is 0 Å². The van der Waals surface area contributed by atoms with Crippen LogP contribution in [0.25, 0.3) is 0 Å². The quantitative estimate of drug-likeness (QED) is 0.726. The Bertz CT molecular complexity index is 391. The Kier molecular flexibility index (Phi) is 6.22.